The van der Waals surface area contributed by atoms with E-state index in [2.05, 4.69) is 51.0 Å². The molecule has 0 saturated carbocycles. The molecule has 0 amide bonds. The first-order valence-corrected chi connectivity index (χ1v) is 7.07. The van der Waals surface area contributed by atoms with Gasteiger partial charge in [-0.1, -0.05) is 6.92 Å². The highest BCUT2D eigenvalue weighted by Gasteiger charge is 2.13. The normalized spacial score (nSPS) is 12.5. The van der Waals surface area contributed by atoms with Crippen molar-refractivity contribution in [3.63, 3.8) is 0 Å². The van der Waals surface area contributed by atoms with Crippen LogP contribution in [-0.4, -0.2) is 35.1 Å². The zero-order chi connectivity index (χ0) is 11.3. The Morgan fingerprint density at radius 2 is 2.27 bits per heavy atom. The van der Waals surface area contributed by atoms with Crippen LogP contribution in [-0.2, 0) is 0 Å². The fraction of sp³-hybridized carbons (Fsp3) is 0.600. The summed E-state index contributed by atoms with van der Waals surface area (Å²) < 4.78 is 0.832. The first-order valence-electron chi connectivity index (χ1n) is 4.88. The highest BCUT2D eigenvalue weighted by atomic mass is 79.9. The highest BCUT2D eigenvalue weighted by Crippen LogP contribution is 2.18. The number of thioether (sulfide) groups is 1. The number of nitrogens with zero attached hydrogens (tertiary/aromatic N) is 3. The second kappa shape index (κ2) is 6.33. The molecule has 0 N–H and O–H groups in total. The van der Waals surface area contributed by atoms with E-state index in [1.54, 1.807) is 6.33 Å². The fourth-order valence-electron chi connectivity index (χ4n) is 1.40. The van der Waals surface area contributed by atoms with Gasteiger partial charge in [-0.25, -0.2) is 9.97 Å². The van der Waals surface area contributed by atoms with E-state index in [1.807, 2.05) is 17.8 Å². The van der Waals surface area contributed by atoms with Gasteiger partial charge in [0.2, 0.25) is 0 Å². The first kappa shape index (κ1) is 12.8. The molecule has 1 aromatic rings. The Balaban J connectivity index is 2.77. The number of hydrogen-bond donors (Lipinski definition) is 0. The van der Waals surface area contributed by atoms with Crippen molar-refractivity contribution < 1.29 is 0 Å². The Hall–Kier alpha value is -0.290. The van der Waals surface area contributed by atoms with E-state index < -0.39 is 0 Å². The van der Waals surface area contributed by atoms with Crippen molar-refractivity contribution in [1.29, 1.82) is 0 Å². The summed E-state index contributed by atoms with van der Waals surface area (Å²) in [4.78, 5) is 10.5. The average molecular weight is 290 g/mol. The van der Waals surface area contributed by atoms with Gasteiger partial charge in [-0.15, -0.1) is 0 Å². The second-order valence-electron chi connectivity index (χ2n) is 3.33. The maximum Gasteiger partial charge on any atom is 0.133 e. The van der Waals surface area contributed by atoms with Gasteiger partial charge in [0, 0.05) is 24.9 Å². The molecule has 5 heteroatoms. The van der Waals surface area contributed by atoms with Gasteiger partial charge in [-0.2, -0.15) is 11.8 Å². The molecular weight excluding hydrogens is 274 g/mol. The van der Waals surface area contributed by atoms with Gasteiger partial charge in [-0.3, -0.25) is 0 Å². The van der Waals surface area contributed by atoms with Crippen molar-refractivity contribution in [1.82, 2.24) is 9.97 Å². The van der Waals surface area contributed by atoms with E-state index in [1.165, 1.54) is 0 Å². The highest BCUT2D eigenvalue weighted by molar-refractivity contribution is 9.10. The van der Waals surface area contributed by atoms with Crippen LogP contribution in [0.4, 0.5) is 5.82 Å². The first-order chi connectivity index (χ1) is 7.19. The molecule has 1 aromatic heterocycles. The third kappa shape index (κ3) is 3.65. The van der Waals surface area contributed by atoms with Crippen LogP contribution in [0.25, 0.3) is 0 Å². The number of hydrogen-bond acceptors (Lipinski definition) is 4. The molecule has 1 heterocycles. The van der Waals surface area contributed by atoms with Gasteiger partial charge in [-0.05, 0) is 28.6 Å². The summed E-state index contributed by atoms with van der Waals surface area (Å²) in [5, 5.41) is 0. The van der Waals surface area contributed by atoms with Crippen LogP contribution in [0.2, 0.25) is 0 Å². The molecule has 0 spiro atoms. The van der Waals surface area contributed by atoms with Crippen molar-refractivity contribution in [2.45, 2.75) is 19.4 Å². The minimum atomic E-state index is 0.529. The minimum Gasteiger partial charge on any atom is -0.356 e. The van der Waals surface area contributed by atoms with Crippen LogP contribution in [0.3, 0.4) is 0 Å². The molecule has 1 unspecified atom stereocenters. The summed E-state index contributed by atoms with van der Waals surface area (Å²) in [5.74, 6) is 2.09. The summed E-state index contributed by atoms with van der Waals surface area (Å²) in [6, 6.07) is 2.48. The smallest absolute Gasteiger partial charge is 0.133 e. The molecule has 0 aliphatic heterocycles. The monoisotopic (exact) mass is 289 g/mol. The minimum absolute atomic E-state index is 0.529. The molecular formula is C10H16BrN3S. The second-order valence-corrected chi connectivity index (χ2v) is 5.05. The van der Waals surface area contributed by atoms with Crippen molar-refractivity contribution in [3.05, 3.63) is 17.0 Å². The Morgan fingerprint density at radius 1 is 1.53 bits per heavy atom. The number of rotatable bonds is 5. The topological polar surface area (TPSA) is 29.0 Å². The van der Waals surface area contributed by atoms with E-state index in [0.29, 0.717) is 6.04 Å². The fourth-order valence-corrected chi connectivity index (χ4v) is 2.54. The third-order valence-electron chi connectivity index (χ3n) is 2.36. The molecule has 3 nitrogen and oxygen atoms in total. The number of halogens is 1. The third-order valence-corrected chi connectivity index (χ3v) is 3.51. The van der Waals surface area contributed by atoms with Gasteiger partial charge in [0.05, 0.1) is 0 Å². The maximum absolute atomic E-state index is 4.27. The van der Waals surface area contributed by atoms with E-state index in [0.717, 1.165) is 22.6 Å². The summed E-state index contributed by atoms with van der Waals surface area (Å²) in [5.41, 5.74) is 0. The number of aromatic nitrogens is 2. The van der Waals surface area contributed by atoms with Crippen molar-refractivity contribution in [2.24, 2.45) is 0 Å². The van der Waals surface area contributed by atoms with E-state index in [-0.39, 0.29) is 0 Å². The summed E-state index contributed by atoms with van der Waals surface area (Å²) in [6.45, 7) is 2.20. The molecule has 84 valence electrons. The average Bonchev–Trinajstić information content (AvgIpc) is 2.25. The Labute approximate surface area is 104 Å². The molecule has 0 fully saturated rings. The van der Waals surface area contributed by atoms with Crippen LogP contribution in [0.15, 0.2) is 17.0 Å². The lowest BCUT2D eigenvalue weighted by molar-refractivity contribution is 0.665. The zero-order valence-electron chi connectivity index (χ0n) is 9.27. The van der Waals surface area contributed by atoms with E-state index in [4.69, 9.17) is 0 Å². The van der Waals surface area contributed by atoms with Crippen LogP contribution in [0.1, 0.15) is 13.3 Å². The van der Waals surface area contributed by atoms with Crippen molar-refractivity contribution >= 4 is 33.5 Å². The Morgan fingerprint density at radius 3 is 2.80 bits per heavy atom. The van der Waals surface area contributed by atoms with Gasteiger partial charge in [0.1, 0.15) is 16.7 Å². The van der Waals surface area contributed by atoms with Crippen LogP contribution >= 0.6 is 27.7 Å². The maximum atomic E-state index is 4.27. The van der Waals surface area contributed by atoms with Crippen molar-refractivity contribution in [3.8, 4) is 0 Å². The molecule has 0 bridgehead atoms. The molecule has 0 radical (unpaired) electrons. The lowest BCUT2D eigenvalue weighted by Gasteiger charge is -2.27. The quantitative estimate of drug-likeness (QED) is 0.780. The largest absolute Gasteiger partial charge is 0.356 e. The van der Waals surface area contributed by atoms with Crippen molar-refractivity contribution in [2.75, 3.05) is 24.0 Å². The van der Waals surface area contributed by atoms with Crippen LogP contribution in [0, 0.1) is 0 Å². The van der Waals surface area contributed by atoms with E-state index >= 15 is 0 Å². The molecule has 0 saturated heterocycles. The van der Waals surface area contributed by atoms with Gasteiger partial charge in [0.25, 0.3) is 0 Å². The van der Waals surface area contributed by atoms with Crippen LogP contribution < -0.4 is 4.90 Å². The van der Waals surface area contributed by atoms with Crippen LogP contribution in [0.5, 0.6) is 0 Å². The molecule has 15 heavy (non-hydrogen) atoms. The number of anilines is 1. The Kier molecular flexibility index (Phi) is 5.39. The predicted octanol–water partition coefficient (Wildman–Crippen LogP) is 2.82. The molecule has 0 aliphatic carbocycles. The Bertz CT molecular complexity index is 308. The molecule has 1 atom stereocenters. The standard InChI is InChI=1S/C10H16BrN3S/c1-4-8(6-15-3)14(2)10-5-9(11)12-7-13-10/h5,7-8H,4,6H2,1-3H3. The van der Waals surface area contributed by atoms with E-state index in [9.17, 15) is 0 Å². The summed E-state index contributed by atoms with van der Waals surface area (Å²) >= 11 is 5.22. The lowest BCUT2D eigenvalue weighted by Crippen LogP contribution is -2.33. The predicted molar refractivity (Wildman–Crippen MR) is 70.6 cm³/mol. The summed E-state index contributed by atoms with van der Waals surface area (Å²) in [7, 11) is 2.08. The lowest BCUT2D eigenvalue weighted by atomic mass is 10.2. The summed E-state index contributed by atoms with van der Waals surface area (Å²) in [6.07, 6.45) is 4.84. The van der Waals surface area contributed by atoms with Gasteiger partial charge < -0.3 is 4.90 Å². The molecule has 1 rings (SSSR count). The SMILES string of the molecule is CCC(CSC)N(C)c1cc(Br)ncn1. The van der Waals surface area contributed by atoms with Gasteiger partial charge in [0.15, 0.2) is 0 Å². The van der Waals surface area contributed by atoms with Gasteiger partial charge >= 0.3 is 0 Å². The zero-order valence-corrected chi connectivity index (χ0v) is 11.7. The molecule has 0 aromatic carbocycles. The molecule has 0 aliphatic rings.